The van der Waals surface area contributed by atoms with E-state index in [1.54, 1.807) is 66.7 Å². The Kier molecular flexibility index (Phi) is 11.9. The summed E-state index contributed by atoms with van der Waals surface area (Å²) in [5.41, 5.74) is 2.26. The number of ether oxygens (including phenoxy) is 4. The zero-order chi connectivity index (χ0) is 35.1. The third kappa shape index (κ3) is 9.00. The Morgan fingerprint density at radius 1 is 0.617 bits per heavy atom. The SMILES string of the molecule is CCC(=O)Oc1c(C)c(C)c(O)c2ccccc12.CCC(=O)Oc1c(C)c(C)c(OC(=O)CNC(=O)OC(C)(C)C)c2ccccc12. The third-order valence-corrected chi connectivity index (χ3v) is 7.35. The monoisotopic (exact) mass is 645 g/mol. The van der Waals surface area contributed by atoms with E-state index >= 15 is 0 Å². The highest BCUT2D eigenvalue weighted by atomic mass is 16.6. The summed E-state index contributed by atoms with van der Waals surface area (Å²) in [6.07, 6.45) is -0.123. The number of benzene rings is 4. The summed E-state index contributed by atoms with van der Waals surface area (Å²) in [6.45, 7) is 15.6. The molecule has 0 atom stereocenters. The average Bonchev–Trinajstić information content (AvgIpc) is 3.04. The number of alkyl carbamates (subject to hydrolysis) is 1. The molecular weight excluding hydrogens is 602 g/mol. The van der Waals surface area contributed by atoms with Crippen molar-refractivity contribution in [3.05, 3.63) is 70.8 Å². The van der Waals surface area contributed by atoms with E-state index in [1.807, 2.05) is 44.2 Å². The fourth-order valence-corrected chi connectivity index (χ4v) is 4.64. The quantitative estimate of drug-likeness (QED) is 0.153. The lowest BCUT2D eigenvalue weighted by Gasteiger charge is -2.20. The number of amides is 1. The maximum absolute atomic E-state index is 12.3. The predicted octanol–water partition coefficient (Wildman–Crippen LogP) is 7.68. The van der Waals surface area contributed by atoms with Gasteiger partial charge < -0.3 is 29.4 Å². The van der Waals surface area contributed by atoms with Crippen LogP contribution < -0.4 is 19.5 Å². The Morgan fingerprint density at radius 2 is 0.979 bits per heavy atom. The van der Waals surface area contributed by atoms with Crippen LogP contribution in [0.2, 0.25) is 0 Å². The van der Waals surface area contributed by atoms with E-state index in [9.17, 15) is 24.3 Å². The Balaban J connectivity index is 0.000000284. The molecule has 4 aromatic carbocycles. The van der Waals surface area contributed by atoms with Crippen molar-refractivity contribution in [1.29, 1.82) is 0 Å². The van der Waals surface area contributed by atoms with Gasteiger partial charge in [0.1, 0.15) is 35.1 Å². The first-order valence-corrected chi connectivity index (χ1v) is 15.4. The van der Waals surface area contributed by atoms with Gasteiger partial charge in [-0.15, -0.1) is 0 Å². The molecule has 0 unspecified atom stereocenters. The first-order chi connectivity index (χ1) is 22.1. The van der Waals surface area contributed by atoms with Crippen LogP contribution in [0, 0.1) is 27.7 Å². The normalized spacial score (nSPS) is 10.9. The Hall–Kier alpha value is -5.12. The van der Waals surface area contributed by atoms with Gasteiger partial charge in [0, 0.05) is 34.4 Å². The van der Waals surface area contributed by atoms with Crippen LogP contribution in [0.3, 0.4) is 0 Å². The van der Waals surface area contributed by atoms with Crippen LogP contribution in [-0.2, 0) is 19.1 Å². The zero-order valence-electron chi connectivity index (χ0n) is 28.5. The molecule has 250 valence electrons. The molecule has 0 aliphatic carbocycles. The summed E-state index contributed by atoms with van der Waals surface area (Å²) in [7, 11) is 0. The molecule has 0 bridgehead atoms. The molecule has 0 aliphatic rings. The highest BCUT2D eigenvalue weighted by Crippen LogP contribution is 2.41. The fraction of sp³-hybridized carbons (Fsp3) is 0.351. The van der Waals surface area contributed by atoms with Gasteiger partial charge in [-0.1, -0.05) is 62.4 Å². The Labute approximate surface area is 275 Å². The Morgan fingerprint density at radius 3 is 1.38 bits per heavy atom. The highest BCUT2D eigenvalue weighted by Gasteiger charge is 2.22. The van der Waals surface area contributed by atoms with Crippen molar-refractivity contribution in [2.24, 2.45) is 0 Å². The van der Waals surface area contributed by atoms with Gasteiger partial charge in [-0.3, -0.25) is 9.59 Å². The summed E-state index contributed by atoms with van der Waals surface area (Å²) in [5.74, 6) is 0.369. The highest BCUT2D eigenvalue weighted by molar-refractivity contribution is 5.99. The molecule has 1 amide bonds. The second-order valence-electron chi connectivity index (χ2n) is 11.9. The van der Waals surface area contributed by atoms with Gasteiger partial charge in [-0.05, 0) is 70.7 Å². The van der Waals surface area contributed by atoms with Crippen molar-refractivity contribution < 1.29 is 43.2 Å². The van der Waals surface area contributed by atoms with Gasteiger partial charge in [0.25, 0.3) is 0 Å². The zero-order valence-corrected chi connectivity index (χ0v) is 28.5. The number of phenolic OH excluding ortho intramolecular Hbond substituents is 1. The number of carbonyl (C=O) groups is 4. The average molecular weight is 646 g/mol. The lowest BCUT2D eigenvalue weighted by molar-refractivity contribution is -0.134. The van der Waals surface area contributed by atoms with Crippen LogP contribution in [0.5, 0.6) is 23.0 Å². The van der Waals surface area contributed by atoms with Gasteiger partial charge in [-0.25, -0.2) is 9.59 Å². The van der Waals surface area contributed by atoms with Gasteiger partial charge in [0.05, 0.1) is 0 Å². The van der Waals surface area contributed by atoms with Crippen LogP contribution in [0.4, 0.5) is 4.79 Å². The van der Waals surface area contributed by atoms with Gasteiger partial charge in [0.2, 0.25) is 0 Å². The number of hydrogen-bond donors (Lipinski definition) is 2. The van der Waals surface area contributed by atoms with E-state index in [-0.39, 0.29) is 30.7 Å². The van der Waals surface area contributed by atoms with Crippen molar-refractivity contribution in [2.75, 3.05) is 6.54 Å². The number of fused-ring (bicyclic) bond motifs is 2. The molecule has 10 heteroatoms. The fourth-order valence-electron chi connectivity index (χ4n) is 4.64. The summed E-state index contributed by atoms with van der Waals surface area (Å²) in [5, 5.41) is 15.3. The van der Waals surface area contributed by atoms with E-state index in [2.05, 4.69) is 5.32 Å². The second kappa shape index (κ2) is 15.4. The van der Waals surface area contributed by atoms with Gasteiger partial charge >= 0.3 is 24.0 Å². The van der Waals surface area contributed by atoms with Crippen molar-refractivity contribution in [1.82, 2.24) is 5.32 Å². The maximum Gasteiger partial charge on any atom is 0.408 e. The van der Waals surface area contributed by atoms with Crippen molar-refractivity contribution in [3.8, 4) is 23.0 Å². The number of aromatic hydroxyl groups is 1. The summed E-state index contributed by atoms with van der Waals surface area (Å²) in [6, 6.07) is 14.6. The predicted molar refractivity (Wildman–Crippen MR) is 180 cm³/mol. The standard InChI is InChI=1S/C22H27NO6.C15H16O3/c1-7-17(24)27-19-13(2)14(3)20(16-11-9-8-10-15(16)19)28-18(25)12-23-21(26)29-22(4,5)6;1-4-13(16)18-15-10(3)9(2)14(17)11-7-5-6-8-12(11)15/h8-11H,7,12H2,1-6H3,(H,23,26);5-8,17H,4H2,1-3H3. The minimum absolute atomic E-state index is 0.249. The van der Waals surface area contributed by atoms with E-state index in [1.165, 1.54) is 0 Å². The van der Waals surface area contributed by atoms with Crippen LogP contribution in [-0.4, -0.2) is 41.3 Å². The molecule has 0 saturated heterocycles. The lowest BCUT2D eigenvalue weighted by Crippen LogP contribution is -2.36. The molecule has 0 aromatic heterocycles. The van der Waals surface area contributed by atoms with Crippen molar-refractivity contribution in [2.45, 2.75) is 80.8 Å². The summed E-state index contributed by atoms with van der Waals surface area (Å²) in [4.78, 5) is 47.4. The van der Waals surface area contributed by atoms with E-state index in [0.717, 1.165) is 16.5 Å². The van der Waals surface area contributed by atoms with Crippen LogP contribution >= 0.6 is 0 Å². The van der Waals surface area contributed by atoms with Crippen LogP contribution in [0.25, 0.3) is 21.5 Å². The molecule has 4 rings (SSSR count). The summed E-state index contributed by atoms with van der Waals surface area (Å²) < 4.78 is 21.6. The molecule has 0 saturated carbocycles. The molecule has 0 spiro atoms. The molecule has 0 aliphatic heterocycles. The van der Waals surface area contributed by atoms with Gasteiger partial charge in [-0.2, -0.15) is 0 Å². The lowest BCUT2D eigenvalue weighted by atomic mass is 9.99. The molecule has 0 radical (unpaired) electrons. The number of phenols is 1. The van der Waals surface area contributed by atoms with E-state index in [0.29, 0.717) is 51.0 Å². The largest absolute Gasteiger partial charge is 0.507 e. The van der Waals surface area contributed by atoms with E-state index < -0.39 is 17.7 Å². The summed E-state index contributed by atoms with van der Waals surface area (Å²) >= 11 is 0. The molecule has 0 fully saturated rings. The molecule has 10 nitrogen and oxygen atoms in total. The first kappa shape index (κ1) is 36.3. The smallest absolute Gasteiger partial charge is 0.408 e. The number of esters is 3. The van der Waals surface area contributed by atoms with Crippen LogP contribution in [0.1, 0.15) is 69.7 Å². The second-order valence-corrected chi connectivity index (χ2v) is 11.9. The third-order valence-electron chi connectivity index (χ3n) is 7.35. The molecule has 2 N–H and O–H groups in total. The molecule has 47 heavy (non-hydrogen) atoms. The number of carbonyl (C=O) groups excluding carboxylic acids is 4. The minimum Gasteiger partial charge on any atom is -0.507 e. The van der Waals surface area contributed by atoms with Crippen molar-refractivity contribution >= 4 is 45.5 Å². The molecule has 4 aromatic rings. The minimum atomic E-state index is -0.700. The van der Waals surface area contributed by atoms with Crippen molar-refractivity contribution in [3.63, 3.8) is 0 Å². The van der Waals surface area contributed by atoms with Crippen LogP contribution in [0.15, 0.2) is 48.5 Å². The topological polar surface area (TPSA) is 137 Å². The first-order valence-electron chi connectivity index (χ1n) is 15.4. The van der Waals surface area contributed by atoms with E-state index in [4.69, 9.17) is 18.9 Å². The number of rotatable bonds is 7. The van der Waals surface area contributed by atoms with Gasteiger partial charge in [0.15, 0.2) is 0 Å². The number of nitrogens with one attached hydrogen (secondary N) is 1. The molecular formula is C37H43NO9. The number of hydrogen-bond acceptors (Lipinski definition) is 9. The molecule has 0 heterocycles. The Bertz CT molecular complexity index is 1820. The maximum atomic E-state index is 12.3.